The molecule has 3 saturated carbocycles. The van der Waals surface area contributed by atoms with Crippen LogP contribution in [0, 0.1) is 35.4 Å². The highest BCUT2D eigenvalue weighted by Crippen LogP contribution is 2.51. The molecule has 0 saturated heterocycles. The molecule has 4 aliphatic rings. The van der Waals surface area contributed by atoms with Crippen LogP contribution in [0.25, 0.3) is 0 Å². The standard InChI is InChI=1S/C31H40FN3O7/c1-14(2)35(12-15-7-5-6-8-15)13-17-11-20(36)22-18(24(17)32)9-16-10-19-25(34(3)4)27(38)23(30(33)41)29(40)31(19,42)28(39)21(16)26(22)37/h11,14-16,19,21,23,25,36,42H,5-10,12-13H2,1-4H3,(H2,33,41)/t16-,19-,21?,23?,25-,31-/m0/s1. The van der Waals surface area contributed by atoms with E-state index in [1.807, 2.05) is 13.8 Å². The minimum absolute atomic E-state index is 0.00365. The van der Waals surface area contributed by atoms with E-state index in [0.29, 0.717) is 5.92 Å². The molecule has 5 rings (SSSR count). The van der Waals surface area contributed by atoms with E-state index in [0.717, 1.165) is 19.4 Å². The molecule has 11 heteroatoms. The number of rotatable bonds is 7. The first-order chi connectivity index (χ1) is 19.7. The van der Waals surface area contributed by atoms with E-state index in [4.69, 9.17) is 5.73 Å². The zero-order valence-electron chi connectivity index (χ0n) is 24.6. The molecule has 0 radical (unpaired) electrons. The Labute approximate surface area is 244 Å². The number of likely N-dealkylation sites (N-methyl/N-ethyl adjacent to an activating group) is 1. The van der Waals surface area contributed by atoms with Crippen molar-refractivity contribution >= 4 is 29.0 Å². The summed E-state index contributed by atoms with van der Waals surface area (Å²) in [6.07, 6.45) is 4.40. The largest absolute Gasteiger partial charge is 0.507 e. The Balaban J connectivity index is 1.53. The molecular weight excluding hydrogens is 545 g/mol. The lowest BCUT2D eigenvalue weighted by Gasteiger charge is -2.52. The maximum Gasteiger partial charge on any atom is 0.235 e. The molecule has 6 atom stereocenters. The number of carbonyl (C=O) groups excluding carboxylic acids is 5. The number of phenolic OH excluding ortho intramolecular Hbond substituents is 1. The first-order valence-electron chi connectivity index (χ1n) is 14.8. The number of phenols is 1. The summed E-state index contributed by atoms with van der Waals surface area (Å²) in [5.41, 5.74) is 2.47. The lowest BCUT2D eigenvalue weighted by molar-refractivity contribution is -0.181. The Morgan fingerprint density at radius 1 is 1.14 bits per heavy atom. The van der Waals surface area contributed by atoms with Crippen LogP contribution in [-0.2, 0) is 32.1 Å². The average Bonchev–Trinajstić information content (AvgIpc) is 3.41. The minimum Gasteiger partial charge on any atom is -0.507 e. The van der Waals surface area contributed by atoms with E-state index < -0.39 is 75.9 Å². The fraction of sp³-hybridized carbons (Fsp3) is 0.645. The van der Waals surface area contributed by atoms with Gasteiger partial charge in [-0.25, -0.2) is 4.39 Å². The van der Waals surface area contributed by atoms with Crippen LogP contribution in [0.2, 0.25) is 0 Å². The third-order valence-corrected chi connectivity index (χ3v) is 10.1. The van der Waals surface area contributed by atoms with Gasteiger partial charge in [-0.05, 0) is 71.5 Å². The number of hydrogen-bond acceptors (Lipinski definition) is 9. The van der Waals surface area contributed by atoms with Crippen LogP contribution < -0.4 is 5.73 Å². The van der Waals surface area contributed by atoms with Crippen LogP contribution in [0.5, 0.6) is 5.75 Å². The monoisotopic (exact) mass is 585 g/mol. The summed E-state index contributed by atoms with van der Waals surface area (Å²) < 4.78 is 16.2. The van der Waals surface area contributed by atoms with Crippen molar-refractivity contribution in [3.63, 3.8) is 0 Å². The average molecular weight is 586 g/mol. The number of fused-ring (bicyclic) bond motifs is 3. The molecule has 228 valence electrons. The zero-order chi connectivity index (χ0) is 30.8. The summed E-state index contributed by atoms with van der Waals surface area (Å²) in [5, 5.41) is 22.6. The van der Waals surface area contributed by atoms with Crippen LogP contribution in [0.1, 0.15) is 67.4 Å². The van der Waals surface area contributed by atoms with Crippen LogP contribution in [0.3, 0.4) is 0 Å². The molecule has 0 heterocycles. The lowest BCUT2D eigenvalue weighted by atomic mass is 9.52. The summed E-state index contributed by atoms with van der Waals surface area (Å²) >= 11 is 0. The molecule has 10 nitrogen and oxygen atoms in total. The number of nitrogens with two attached hydrogens (primary N) is 1. The maximum atomic E-state index is 16.2. The van der Waals surface area contributed by atoms with Crippen LogP contribution in [0.4, 0.5) is 4.39 Å². The van der Waals surface area contributed by atoms with Gasteiger partial charge in [0.25, 0.3) is 0 Å². The molecule has 1 aromatic carbocycles. The van der Waals surface area contributed by atoms with Gasteiger partial charge in [-0.1, -0.05) is 12.8 Å². The summed E-state index contributed by atoms with van der Waals surface area (Å²) in [4.78, 5) is 69.9. The van der Waals surface area contributed by atoms with Crippen molar-refractivity contribution in [3.05, 3.63) is 28.6 Å². The number of benzene rings is 1. The Morgan fingerprint density at radius 2 is 1.79 bits per heavy atom. The third-order valence-electron chi connectivity index (χ3n) is 10.1. The second-order valence-corrected chi connectivity index (χ2v) is 13.2. The van der Waals surface area contributed by atoms with Gasteiger partial charge in [-0.3, -0.25) is 33.8 Å². The highest BCUT2D eigenvalue weighted by molar-refractivity contribution is 6.32. The van der Waals surface area contributed by atoms with E-state index in [-0.39, 0.29) is 42.1 Å². The van der Waals surface area contributed by atoms with E-state index in [1.54, 1.807) is 0 Å². The van der Waals surface area contributed by atoms with Crippen molar-refractivity contribution in [1.29, 1.82) is 0 Å². The van der Waals surface area contributed by atoms with Gasteiger partial charge in [0.05, 0.1) is 17.5 Å². The van der Waals surface area contributed by atoms with E-state index >= 15 is 4.39 Å². The topological polar surface area (TPSA) is 158 Å². The Morgan fingerprint density at radius 3 is 2.36 bits per heavy atom. The number of carbonyl (C=O) groups is 5. The first kappa shape index (κ1) is 30.4. The van der Waals surface area contributed by atoms with Crippen LogP contribution in [-0.4, -0.2) is 87.4 Å². The normalized spacial score (nSPS) is 31.6. The smallest absolute Gasteiger partial charge is 0.235 e. The number of Topliss-reactive ketones (excluding diaryl/α,β-unsaturated/α-hetero) is 4. The number of primary amides is 1. The number of nitrogens with zero attached hydrogens (tertiary/aromatic N) is 2. The van der Waals surface area contributed by atoms with Gasteiger partial charge in [0.2, 0.25) is 5.91 Å². The highest BCUT2D eigenvalue weighted by Gasteiger charge is 2.69. The number of hydrogen-bond donors (Lipinski definition) is 3. The van der Waals surface area contributed by atoms with Gasteiger partial charge in [0.15, 0.2) is 34.7 Å². The molecule has 0 aromatic heterocycles. The molecule has 4 aliphatic carbocycles. The van der Waals surface area contributed by atoms with Crippen molar-refractivity contribution in [2.24, 2.45) is 35.3 Å². The molecule has 0 aliphatic heterocycles. The number of halogens is 1. The summed E-state index contributed by atoms with van der Waals surface area (Å²) in [6, 6.07) is 0.152. The third kappa shape index (κ3) is 4.60. The first-order valence-corrected chi connectivity index (χ1v) is 14.8. The van der Waals surface area contributed by atoms with Crippen molar-refractivity contribution in [2.75, 3.05) is 20.6 Å². The molecule has 0 spiro atoms. The van der Waals surface area contributed by atoms with E-state index in [2.05, 4.69) is 4.90 Å². The maximum absolute atomic E-state index is 16.2. The van der Waals surface area contributed by atoms with Crippen LogP contribution >= 0.6 is 0 Å². The van der Waals surface area contributed by atoms with Gasteiger partial charge in [0, 0.05) is 36.2 Å². The van der Waals surface area contributed by atoms with Gasteiger partial charge in [-0.2, -0.15) is 0 Å². The van der Waals surface area contributed by atoms with Crippen molar-refractivity contribution in [1.82, 2.24) is 9.80 Å². The van der Waals surface area contributed by atoms with Crippen LogP contribution in [0.15, 0.2) is 6.07 Å². The van der Waals surface area contributed by atoms with E-state index in [1.165, 1.54) is 37.9 Å². The molecule has 2 unspecified atom stereocenters. The summed E-state index contributed by atoms with van der Waals surface area (Å²) in [7, 11) is 3.04. The van der Waals surface area contributed by atoms with E-state index in [9.17, 15) is 34.2 Å². The molecule has 0 bridgehead atoms. The fourth-order valence-corrected chi connectivity index (χ4v) is 8.02. The summed E-state index contributed by atoms with van der Waals surface area (Å²) in [6.45, 7) is 5.10. The molecule has 42 heavy (non-hydrogen) atoms. The minimum atomic E-state index is -2.80. The Kier molecular flexibility index (Phi) is 7.91. The molecule has 4 N–H and O–H groups in total. The Hall–Kier alpha value is -3.02. The van der Waals surface area contributed by atoms with Crippen molar-refractivity contribution in [3.8, 4) is 5.75 Å². The number of amides is 1. The number of ketones is 4. The molecular formula is C31H40FN3O7. The predicted molar refractivity (Wildman–Crippen MR) is 149 cm³/mol. The quantitative estimate of drug-likeness (QED) is 0.402. The lowest BCUT2D eigenvalue weighted by Crippen LogP contribution is -2.74. The van der Waals surface area contributed by atoms with Crippen molar-refractivity contribution < 1.29 is 38.6 Å². The Bertz CT molecular complexity index is 1350. The van der Waals surface area contributed by atoms with Gasteiger partial charge in [0.1, 0.15) is 11.6 Å². The summed E-state index contributed by atoms with van der Waals surface area (Å²) in [5.74, 6) is -11.6. The highest BCUT2D eigenvalue weighted by atomic mass is 19.1. The van der Waals surface area contributed by atoms with Gasteiger partial charge < -0.3 is 15.9 Å². The van der Waals surface area contributed by atoms with Crippen molar-refractivity contribution in [2.45, 2.75) is 76.6 Å². The van der Waals surface area contributed by atoms with Gasteiger partial charge in [-0.15, -0.1) is 0 Å². The zero-order valence-corrected chi connectivity index (χ0v) is 24.6. The number of aliphatic hydroxyl groups is 1. The SMILES string of the molecule is CC(C)N(Cc1cc(O)c2c(c1F)C[C@H]1C[C@H]3[C@H](N(C)C)C(=O)C(C(N)=O)C(=O)[C@@]3(O)C(=O)C1C2=O)CC1CCCC1. The fourth-order valence-electron chi connectivity index (χ4n) is 8.02. The van der Waals surface area contributed by atoms with Gasteiger partial charge >= 0.3 is 0 Å². The molecule has 1 aromatic rings. The molecule has 1 amide bonds. The predicted octanol–water partition coefficient (Wildman–Crippen LogP) is 1.41. The molecule has 3 fully saturated rings. The number of aromatic hydroxyl groups is 1. The second-order valence-electron chi connectivity index (χ2n) is 13.2. The second kappa shape index (κ2) is 10.9.